The Balaban J connectivity index is 2.24. The van der Waals surface area contributed by atoms with Gasteiger partial charge in [-0.2, -0.15) is 0 Å². The maximum Gasteiger partial charge on any atom is 0.358 e. The van der Waals surface area contributed by atoms with E-state index in [0.29, 0.717) is 16.8 Å². The van der Waals surface area contributed by atoms with Gasteiger partial charge < -0.3 is 5.11 Å². The van der Waals surface area contributed by atoms with E-state index in [1.165, 1.54) is 16.9 Å². The van der Waals surface area contributed by atoms with Gasteiger partial charge in [-0.25, -0.2) is 13.9 Å². The minimum Gasteiger partial charge on any atom is -0.476 e. The number of carboxylic acid groups (broad SMARTS) is 1. The fourth-order valence-electron chi connectivity index (χ4n) is 2.08. The van der Waals surface area contributed by atoms with Crippen molar-refractivity contribution in [1.82, 2.24) is 20.0 Å². The van der Waals surface area contributed by atoms with Gasteiger partial charge >= 0.3 is 5.97 Å². The van der Waals surface area contributed by atoms with Gasteiger partial charge in [0.1, 0.15) is 11.5 Å². The van der Waals surface area contributed by atoms with Crippen LogP contribution in [0.4, 0.5) is 4.39 Å². The smallest absolute Gasteiger partial charge is 0.358 e. The van der Waals surface area contributed by atoms with Crippen LogP contribution in [-0.2, 0) is 0 Å². The summed E-state index contributed by atoms with van der Waals surface area (Å²) in [6, 6.07) is 7.90. The van der Waals surface area contributed by atoms with E-state index in [2.05, 4.69) is 15.3 Å². The number of hydrogen-bond donors (Lipinski definition) is 1. The number of aromatic nitrogens is 4. The number of hydrogen-bond acceptors (Lipinski definition) is 4. The maximum absolute atomic E-state index is 13.8. The van der Waals surface area contributed by atoms with Gasteiger partial charge in [0.25, 0.3) is 0 Å². The molecule has 0 spiro atoms. The Morgan fingerprint density at radius 2 is 2.14 bits per heavy atom. The molecule has 0 amide bonds. The van der Waals surface area contributed by atoms with Crippen LogP contribution in [0.2, 0.25) is 0 Å². The van der Waals surface area contributed by atoms with Crippen molar-refractivity contribution in [2.45, 2.75) is 6.92 Å². The highest BCUT2D eigenvalue weighted by atomic mass is 19.1. The number of pyridine rings is 1. The number of aryl methyl sites for hydroxylation is 1. The molecule has 22 heavy (non-hydrogen) atoms. The van der Waals surface area contributed by atoms with Gasteiger partial charge in [-0.3, -0.25) is 4.98 Å². The lowest BCUT2D eigenvalue weighted by atomic mass is 10.1. The van der Waals surface area contributed by atoms with E-state index in [-0.39, 0.29) is 11.4 Å². The molecule has 0 atom stereocenters. The Kier molecular flexibility index (Phi) is 3.38. The second kappa shape index (κ2) is 5.36. The molecule has 2 heterocycles. The highest BCUT2D eigenvalue weighted by Crippen LogP contribution is 2.25. The first kappa shape index (κ1) is 13.9. The minimum atomic E-state index is -1.21. The van der Waals surface area contributed by atoms with E-state index < -0.39 is 11.8 Å². The fourth-order valence-corrected chi connectivity index (χ4v) is 2.08. The van der Waals surface area contributed by atoms with Crippen molar-refractivity contribution in [3.63, 3.8) is 0 Å². The summed E-state index contributed by atoms with van der Waals surface area (Å²) >= 11 is 0. The summed E-state index contributed by atoms with van der Waals surface area (Å²) in [6.07, 6.45) is 3.08. The number of halogens is 1. The summed E-state index contributed by atoms with van der Waals surface area (Å²) in [7, 11) is 0. The molecule has 1 aromatic carbocycles. The van der Waals surface area contributed by atoms with Gasteiger partial charge in [-0.1, -0.05) is 11.3 Å². The lowest BCUT2D eigenvalue weighted by molar-refractivity contribution is 0.0691. The molecule has 0 bridgehead atoms. The summed E-state index contributed by atoms with van der Waals surface area (Å²) in [4.78, 5) is 15.3. The van der Waals surface area contributed by atoms with Crippen LogP contribution in [0.5, 0.6) is 0 Å². The highest BCUT2D eigenvalue weighted by molar-refractivity contribution is 5.92. The van der Waals surface area contributed by atoms with Gasteiger partial charge in [-0.15, -0.1) is 5.10 Å². The Hall–Kier alpha value is -3.09. The zero-order valence-electron chi connectivity index (χ0n) is 11.6. The van der Waals surface area contributed by atoms with Crippen molar-refractivity contribution in [2.75, 3.05) is 0 Å². The van der Waals surface area contributed by atoms with Crippen LogP contribution in [-0.4, -0.2) is 31.1 Å². The molecule has 3 aromatic rings. The third-order valence-electron chi connectivity index (χ3n) is 3.21. The van der Waals surface area contributed by atoms with Crippen LogP contribution in [0.3, 0.4) is 0 Å². The quantitative estimate of drug-likeness (QED) is 0.803. The summed E-state index contributed by atoms with van der Waals surface area (Å²) in [6.45, 7) is 1.64. The summed E-state index contributed by atoms with van der Waals surface area (Å²) in [5.41, 5.74) is 1.45. The molecule has 0 radical (unpaired) electrons. The first-order valence-corrected chi connectivity index (χ1v) is 6.44. The number of carboxylic acids is 1. The zero-order chi connectivity index (χ0) is 15.7. The molecular formula is C15H11FN4O2. The molecule has 0 saturated heterocycles. The SMILES string of the molecule is Cc1ccc(-n2nnc(C(=O)O)c2-c2cccnc2)cc1F. The minimum absolute atomic E-state index is 0.214. The Morgan fingerprint density at radius 1 is 1.32 bits per heavy atom. The topological polar surface area (TPSA) is 80.9 Å². The molecule has 0 fully saturated rings. The molecule has 0 aliphatic heterocycles. The number of nitrogens with zero attached hydrogens (tertiary/aromatic N) is 4. The maximum atomic E-state index is 13.8. The van der Waals surface area contributed by atoms with Crippen molar-refractivity contribution >= 4 is 5.97 Å². The number of rotatable bonds is 3. The molecule has 6 nitrogen and oxygen atoms in total. The Labute approximate surface area is 124 Å². The van der Waals surface area contributed by atoms with Crippen molar-refractivity contribution < 1.29 is 14.3 Å². The molecule has 0 aliphatic rings. The van der Waals surface area contributed by atoms with E-state index in [0.717, 1.165) is 0 Å². The van der Waals surface area contributed by atoms with Gasteiger partial charge in [0.15, 0.2) is 5.69 Å². The van der Waals surface area contributed by atoms with Crippen molar-refractivity contribution in [2.24, 2.45) is 0 Å². The first-order valence-electron chi connectivity index (χ1n) is 6.44. The van der Waals surface area contributed by atoms with Crippen LogP contribution in [0.1, 0.15) is 16.1 Å². The first-order chi connectivity index (χ1) is 10.6. The lowest BCUT2D eigenvalue weighted by Gasteiger charge is -2.08. The van der Waals surface area contributed by atoms with Crippen LogP contribution >= 0.6 is 0 Å². The Morgan fingerprint density at radius 3 is 2.77 bits per heavy atom. The molecule has 0 aliphatic carbocycles. The largest absolute Gasteiger partial charge is 0.476 e. The molecule has 7 heteroatoms. The third-order valence-corrected chi connectivity index (χ3v) is 3.21. The standard InChI is InChI=1S/C15H11FN4O2/c1-9-4-5-11(7-12(9)16)20-14(10-3-2-6-17-8-10)13(15(21)22)18-19-20/h2-8H,1H3,(H,21,22). The van der Waals surface area contributed by atoms with E-state index in [1.54, 1.807) is 37.4 Å². The summed E-state index contributed by atoms with van der Waals surface area (Å²) in [5.74, 6) is -1.61. The summed E-state index contributed by atoms with van der Waals surface area (Å²) < 4.78 is 15.1. The van der Waals surface area contributed by atoms with Gasteiger partial charge in [0.05, 0.1) is 5.69 Å². The Bertz CT molecular complexity index is 846. The van der Waals surface area contributed by atoms with E-state index in [4.69, 9.17) is 0 Å². The molecular weight excluding hydrogens is 287 g/mol. The molecule has 0 unspecified atom stereocenters. The van der Waals surface area contributed by atoms with E-state index >= 15 is 0 Å². The van der Waals surface area contributed by atoms with E-state index in [9.17, 15) is 14.3 Å². The van der Waals surface area contributed by atoms with Crippen molar-refractivity contribution in [3.05, 3.63) is 59.8 Å². The van der Waals surface area contributed by atoms with Crippen LogP contribution < -0.4 is 0 Å². The number of benzene rings is 1. The average molecular weight is 298 g/mol. The van der Waals surface area contributed by atoms with Crippen molar-refractivity contribution in [1.29, 1.82) is 0 Å². The third kappa shape index (κ3) is 2.32. The lowest BCUT2D eigenvalue weighted by Crippen LogP contribution is -2.04. The average Bonchev–Trinajstić information content (AvgIpc) is 2.96. The van der Waals surface area contributed by atoms with Gasteiger partial charge in [0, 0.05) is 18.0 Å². The normalized spacial score (nSPS) is 10.6. The monoisotopic (exact) mass is 298 g/mol. The highest BCUT2D eigenvalue weighted by Gasteiger charge is 2.22. The number of carbonyl (C=O) groups is 1. The fraction of sp³-hybridized carbons (Fsp3) is 0.0667. The molecule has 2 aromatic heterocycles. The zero-order valence-corrected chi connectivity index (χ0v) is 11.6. The second-order valence-corrected chi connectivity index (χ2v) is 4.68. The van der Waals surface area contributed by atoms with Gasteiger partial charge in [-0.05, 0) is 36.8 Å². The van der Waals surface area contributed by atoms with Gasteiger partial charge in [0.2, 0.25) is 0 Å². The van der Waals surface area contributed by atoms with Crippen LogP contribution in [0, 0.1) is 12.7 Å². The summed E-state index contributed by atoms with van der Waals surface area (Å²) in [5, 5.41) is 16.8. The predicted molar refractivity (Wildman–Crippen MR) is 76.2 cm³/mol. The number of aromatic carboxylic acids is 1. The van der Waals surface area contributed by atoms with E-state index in [1.807, 2.05) is 0 Å². The molecule has 3 rings (SSSR count). The second-order valence-electron chi connectivity index (χ2n) is 4.68. The van der Waals surface area contributed by atoms with Crippen molar-refractivity contribution in [3.8, 4) is 16.9 Å². The molecule has 110 valence electrons. The molecule has 0 saturated carbocycles. The molecule has 1 N–H and O–H groups in total. The van der Waals surface area contributed by atoms with Crippen LogP contribution in [0.15, 0.2) is 42.7 Å². The van der Waals surface area contributed by atoms with Crippen LogP contribution in [0.25, 0.3) is 16.9 Å². The predicted octanol–water partition coefficient (Wildman–Crippen LogP) is 2.48.